The van der Waals surface area contributed by atoms with Crippen molar-refractivity contribution in [2.75, 3.05) is 39.1 Å². The first-order valence-corrected chi connectivity index (χ1v) is 12.9. The lowest BCUT2D eigenvalue weighted by molar-refractivity contribution is -0.146. The molecule has 38 heavy (non-hydrogen) atoms. The normalized spacial score (nSPS) is 22.0. The van der Waals surface area contributed by atoms with Gasteiger partial charge in [0, 0.05) is 24.7 Å². The Kier molecular flexibility index (Phi) is 7.02. The van der Waals surface area contributed by atoms with E-state index in [2.05, 4.69) is 46.1 Å². The maximum absolute atomic E-state index is 13.4. The SMILES string of the molecule is COc1ncc(NC(=O)C(=O)N2C[C@@H](C)CC[C@@H]2c2ccc3nn([C@H]4CCN(C)C4)cc3c2)cc1C(N)=O. The zero-order valence-corrected chi connectivity index (χ0v) is 21.9. The number of piperidine rings is 1. The molecular formula is C27H33N7O4. The van der Waals surface area contributed by atoms with E-state index in [0.29, 0.717) is 12.6 Å². The van der Waals surface area contributed by atoms with E-state index in [4.69, 9.17) is 15.6 Å². The lowest BCUT2D eigenvalue weighted by Crippen LogP contribution is -2.46. The third kappa shape index (κ3) is 5.06. The fourth-order valence-corrected chi connectivity index (χ4v) is 5.48. The fourth-order valence-electron chi connectivity index (χ4n) is 5.48. The highest BCUT2D eigenvalue weighted by atomic mass is 16.5. The Labute approximate surface area is 220 Å². The summed E-state index contributed by atoms with van der Waals surface area (Å²) in [6.45, 7) is 4.58. The second kappa shape index (κ2) is 10.4. The van der Waals surface area contributed by atoms with Crippen LogP contribution in [-0.4, -0.2) is 76.1 Å². The van der Waals surface area contributed by atoms with Crippen LogP contribution in [0.2, 0.25) is 0 Å². The second-order valence-corrected chi connectivity index (χ2v) is 10.4. The monoisotopic (exact) mass is 519 g/mol. The number of methoxy groups -OCH3 is 1. The number of fused-ring (bicyclic) bond motifs is 1. The van der Waals surface area contributed by atoms with Crippen LogP contribution in [0.25, 0.3) is 10.9 Å². The number of hydrogen-bond donors (Lipinski definition) is 2. The molecule has 3 N–H and O–H groups in total. The Morgan fingerprint density at radius 3 is 2.66 bits per heavy atom. The largest absolute Gasteiger partial charge is 0.480 e. The molecule has 5 rings (SSSR count). The maximum atomic E-state index is 13.4. The molecule has 200 valence electrons. The molecule has 4 heterocycles. The molecule has 2 aliphatic rings. The number of benzene rings is 1. The highest BCUT2D eigenvalue weighted by Gasteiger charge is 2.34. The van der Waals surface area contributed by atoms with Gasteiger partial charge in [-0.15, -0.1) is 0 Å². The van der Waals surface area contributed by atoms with Gasteiger partial charge in [-0.05, 0) is 62.5 Å². The molecule has 0 saturated carbocycles. The third-order valence-corrected chi connectivity index (χ3v) is 7.51. The van der Waals surface area contributed by atoms with Gasteiger partial charge in [-0.2, -0.15) is 5.10 Å². The number of likely N-dealkylation sites (N-methyl/N-ethyl adjacent to an activating group) is 1. The van der Waals surface area contributed by atoms with Gasteiger partial charge >= 0.3 is 11.8 Å². The van der Waals surface area contributed by atoms with Crippen LogP contribution in [0, 0.1) is 5.92 Å². The molecule has 3 amide bonds. The average Bonchev–Trinajstić information content (AvgIpc) is 3.53. The molecule has 0 unspecified atom stereocenters. The summed E-state index contributed by atoms with van der Waals surface area (Å²) < 4.78 is 7.10. The van der Waals surface area contributed by atoms with E-state index < -0.39 is 17.7 Å². The molecule has 0 aliphatic carbocycles. The summed E-state index contributed by atoms with van der Waals surface area (Å²) in [6.07, 6.45) is 6.18. The van der Waals surface area contributed by atoms with Crippen LogP contribution in [0.4, 0.5) is 5.69 Å². The fraction of sp³-hybridized carbons (Fsp3) is 0.444. The van der Waals surface area contributed by atoms with E-state index in [9.17, 15) is 14.4 Å². The van der Waals surface area contributed by atoms with Crippen molar-refractivity contribution in [3.05, 3.63) is 47.8 Å². The van der Waals surface area contributed by atoms with Gasteiger partial charge in [-0.25, -0.2) is 4.98 Å². The quantitative estimate of drug-likeness (QED) is 0.494. The minimum absolute atomic E-state index is 0.0142. The predicted octanol–water partition coefficient (Wildman–Crippen LogP) is 2.35. The Hall–Kier alpha value is -3.99. The first-order valence-electron chi connectivity index (χ1n) is 12.9. The number of carbonyl (C=O) groups excluding carboxylic acids is 3. The van der Waals surface area contributed by atoms with Gasteiger partial charge in [0.15, 0.2) is 0 Å². The van der Waals surface area contributed by atoms with Crippen molar-refractivity contribution in [1.82, 2.24) is 24.6 Å². The van der Waals surface area contributed by atoms with E-state index in [1.165, 1.54) is 19.4 Å². The highest BCUT2D eigenvalue weighted by molar-refractivity contribution is 6.39. The van der Waals surface area contributed by atoms with Gasteiger partial charge in [0.2, 0.25) is 5.88 Å². The van der Waals surface area contributed by atoms with Crippen molar-refractivity contribution in [2.45, 2.75) is 38.3 Å². The summed E-state index contributed by atoms with van der Waals surface area (Å²) in [6, 6.07) is 7.56. The zero-order chi connectivity index (χ0) is 27.0. The minimum Gasteiger partial charge on any atom is -0.480 e. The molecule has 0 radical (unpaired) electrons. The van der Waals surface area contributed by atoms with Crippen molar-refractivity contribution in [2.24, 2.45) is 11.7 Å². The Morgan fingerprint density at radius 1 is 1.13 bits per heavy atom. The van der Waals surface area contributed by atoms with E-state index >= 15 is 0 Å². The number of rotatable bonds is 5. The minimum atomic E-state index is -0.800. The Balaban J connectivity index is 1.37. The smallest absolute Gasteiger partial charge is 0.313 e. The van der Waals surface area contributed by atoms with Gasteiger partial charge in [-0.1, -0.05) is 13.0 Å². The summed E-state index contributed by atoms with van der Waals surface area (Å²) in [5.74, 6) is -1.88. The number of pyridine rings is 1. The Morgan fingerprint density at radius 2 is 1.95 bits per heavy atom. The molecule has 3 atom stereocenters. The molecule has 0 bridgehead atoms. The van der Waals surface area contributed by atoms with Crippen molar-refractivity contribution < 1.29 is 19.1 Å². The number of nitrogens with zero attached hydrogens (tertiary/aromatic N) is 5. The van der Waals surface area contributed by atoms with Crippen LogP contribution in [0.15, 0.2) is 36.7 Å². The van der Waals surface area contributed by atoms with Gasteiger partial charge < -0.3 is 25.6 Å². The molecule has 3 aromatic rings. The van der Waals surface area contributed by atoms with Crippen molar-refractivity contribution >= 4 is 34.3 Å². The van der Waals surface area contributed by atoms with Crippen LogP contribution in [0.5, 0.6) is 5.88 Å². The van der Waals surface area contributed by atoms with Crippen molar-refractivity contribution in [1.29, 1.82) is 0 Å². The van der Waals surface area contributed by atoms with Crippen LogP contribution in [0.3, 0.4) is 0 Å². The number of aromatic nitrogens is 3. The lowest BCUT2D eigenvalue weighted by atomic mass is 9.89. The summed E-state index contributed by atoms with van der Waals surface area (Å²) >= 11 is 0. The Bertz CT molecular complexity index is 1390. The molecule has 2 aromatic heterocycles. The number of anilines is 1. The second-order valence-electron chi connectivity index (χ2n) is 10.4. The third-order valence-electron chi connectivity index (χ3n) is 7.51. The number of nitrogens with two attached hydrogens (primary N) is 1. The molecule has 11 nitrogen and oxygen atoms in total. The number of likely N-dealkylation sites (tertiary alicyclic amines) is 2. The van der Waals surface area contributed by atoms with E-state index in [1.807, 2.05) is 12.1 Å². The summed E-state index contributed by atoms with van der Waals surface area (Å²) in [4.78, 5) is 46.1. The van der Waals surface area contributed by atoms with Gasteiger partial charge in [0.05, 0.1) is 36.6 Å². The maximum Gasteiger partial charge on any atom is 0.313 e. The van der Waals surface area contributed by atoms with E-state index in [1.54, 1.807) is 4.90 Å². The molecule has 2 aliphatic heterocycles. The topological polar surface area (TPSA) is 136 Å². The molecule has 2 fully saturated rings. The van der Waals surface area contributed by atoms with Crippen molar-refractivity contribution in [3.8, 4) is 5.88 Å². The summed E-state index contributed by atoms with van der Waals surface area (Å²) in [5, 5.41) is 8.38. The van der Waals surface area contributed by atoms with Crippen LogP contribution < -0.4 is 15.8 Å². The zero-order valence-electron chi connectivity index (χ0n) is 21.9. The molecule has 2 saturated heterocycles. The van der Waals surface area contributed by atoms with Crippen LogP contribution in [-0.2, 0) is 9.59 Å². The number of amides is 3. The predicted molar refractivity (Wildman–Crippen MR) is 142 cm³/mol. The lowest BCUT2D eigenvalue weighted by Gasteiger charge is -2.38. The van der Waals surface area contributed by atoms with E-state index in [-0.39, 0.29) is 29.1 Å². The summed E-state index contributed by atoms with van der Waals surface area (Å²) in [5.41, 5.74) is 7.49. The number of nitrogens with one attached hydrogen (secondary N) is 1. The number of carbonyl (C=O) groups is 3. The molecule has 11 heteroatoms. The van der Waals surface area contributed by atoms with Gasteiger partial charge in [-0.3, -0.25) is 19.1 Å². The first kappa shape index (κ1) is 25.7. The van der Waals surface area contributed by atoms with Gasteiger partial charge in [0.1, 0.15) is 5.56 Å². The van der Waals surface area contributed by atoms with Crippen molar-refractivity contribution in [3.63, 3.8) is 0 Å². The standard InChI is InChI=1S/C27H33N7O4/c1-16-4-7-23(17-5-6-22-18(10-17)14-34(31-22)20-8-9-32(2)15-20)33(13-16)27(37)25(36)30-19-11-21(24(28)35)26(38-3)29-12-19/h5-6,10-12,14,16,20,23H,4,7-9,13,15H2,1-3H3,(H2,28,35)(H,30,36)/t16-,20-,23+/m0/s1. The number of primary amides is 1. The summed E-state index contributed by atoms with van der Waals surface area (Å²) in [7, 11) is 3.48. The van der Waals surface area contributed by atoms with E-state index in [0.717, 1.165) is 48.8 Å². The number of hydrogen-bond acceptors (Lipinski definition) is 7. The van der Waals surface area contributed by atoms with Gasteiger partial charge in [0.25, 0.3) is 5.91 Å². The van der Waals surface area contributed by atoms with Crippen LogP contribution in [0.1, 0.15) is 54.2 Å². The number of ether oxygens (including phenoxy) is 1. The first-order chi connectivity index (χ1) is 18.2. The molecule has 1 aromatic carbocycles. The highest BCUT2D eigenvalue weighted by Crippen LogP contribution is 2.35. The molecule has 0 spiro atoms. The average molecular weight is 520 g/mol. The van der Waals surface area contributed by atoms with Crippen LogP contribution >= 0.6 is 0 Å². The molecular weight excluding hydrogens is 486 g/mol.